The van der Waals surface area contributed by atoms with Crippen molar-refractivity contribution >= 4 is 15.8 Å². The van der Waals surface area contributed by atoms with E-state index in [-0.39, 0.29) is 38.0 Å². The van der Waals surface area contributed by atoms with E-state index in [1.807, 2.05) is 0 Å². The third-order valence-electron chi connectivity index (χ3n) is 4.93. The predicted molar refractivity (Wildman–Crippen MR) is 117 cm³/mol. The van der Waals surface area contributed by atoms with Crippen LogP contribution in [0, 0.1) is 5.82 Å². The molecular formula is C23H18FN3O5S. The van der Waals surface area contributed by atoms with Gasteiger partial charge in [-0.3, -0.25) is 0 Å². The van der Waals surface area contributed by atoms with Gasteiger partial charge in [-0.05, 0) is 42.5 Å². The van der Waals surface area contributed by atoms with Crippen LogP contribution in [0.3, 0.4) is 0 Å². The van der Waals surface area contributed by atoms with Crippen molar-refractivity contribution in [3.8, 4) is 22.7 Å². The number of sulfone groups is 1. The summed E-state index contributed by atoms with van der Waals surface area (Å²) in [7, 11) is -1.32. The van der Waals surface area contributed by atoms with Gasteiger partial charge in [-0.1, -0.05) is 29.5 Å². The van der Waals surface area contributed by atoms with Crippen LogP contribution in [0.5, 0.6) is 5.75 Å². The average molecular weight is 467 g/mol. The Hall–Kier alpha value is -4.05. The molecule has 33 heavy (non-hydrogen) atoms. The lowest BCUT2D eigenvalue weighted by atomic mass is 10.2. The number of carbonyl (C=O) groups is 1. The third kappa shape index (κ3) is 4.08. The molecule has 4 aromatic rings. The molecule has 1 aromatic heterocycles. The summed E-state index contributed by atoms with van der Waals surface area (Å²) < 4.78 is 52.2. The summed E-state index contributed by atoms with van der Waals surface area (Å²) >= 11 is 0. The largest absolute Gasteiger partial charge is 0.494 e. The summed E-state index contributed by atoms with van der Waals surface area (Å²) in [5, 5.41) is 8.03. The van der Waals surface area contributed by atoms with E-state index < -0.39 is 21.6 Å². The van der Waals surface area contributed by atoms with E-state index in [0.29, 0.717) is 0 Å². The molecule has 0 spiro atoms. The fraction of sp³-hybridized carbons (Fsp3) is 0.0870. The first kappa shape index (κ1) is 22.2. The van der Waals surface area contributed by atoms with Crippen molar-refractivity contribution in [2.24, 2.45) is 0 Å². The molecule has 10 heteroatoms. The Balaban J connectivity index is 1.77. The summed E-state index contributed by atoms with van der Waals surface area (Å²) in [5.41, 5.74) is 0.797. The molecule has 0 aliphatic heterocycles. The molecule has 0 N–H and O–H groups in total. The van der Waals surface area contributed by atoms with Crippen LogP contribution in [0.4, 0.5) is 4.39 Å². The Labute approximate surface area is 189 Å². The number of para-hydroxylation sites is 1. The number of halogens is 1. The van der Waals surface area contributed by atoms with Gasteiger partial charge < -0.3 is 9.47 Å². The van der Waals surface area contributed by atoms with Crippen molar-refractivity contribution in [3.05, 3.63) is 84.3 Å². The molecule has 0 bridgehead atoms. The summed E-state index contributed by atoms with van der Waals surface area (Å²) in [6.07, 6.45) is 1.43. The average Bonchev–Trinajstić information content (AvgIpc) is 3.33. The zero-order valence-corrected chi connectivity index (χ0v) is 18.4. The minimum absolute atomic E-state index is 0.00855. The molecule has 1 heterocycles. The van der Waals surface area contributed by atoms with Gasteiger partial charge in [0.1, 0.15) is 17.1 Å². The standard InChI is InChI=1S/C23H18FN3O5S/c1-31-20-8-5-7-18(24)22(20)27-14-19(25-26-27)17-6-3-4-9-21(17)33(29,30)16-12-10-15(11-13-16)23(28)32-2/h3-14H,1-2H3. The van der Waals surface area contributed by atoms with Crippen LogP contribution in [0.2, 0.25) is 0 Å². The van der Waals surface area contributed by atoms with E-state index in [1.165, 1.54) is 67.6 Å². The number of aromatic nitrogens is 3. The molecular weight excluding hydrogens is 449 g/mol. The van der Waals surface area contributed by atoms with Gasteiger partial charge in [0, 0.05) is 5.56 Å². The maximum absolute atomic E-state index is 14.4. The van der Waals surface area contributed by atoms with Crippen LogP contribution in [0.15, 0.2) is 82.7 Å². The fourth-order valence-corrected chi connectivity index (χ4v) is 4.77. The van der Waals surface area contributed by atoms with Gasteiger partial charge in [0.2, 0.25) is 9.84 Å². The predicted octanol–water partition coefficient (Wildman–Crippen LogP) is 3.70. The quantitative estimate of drug-likeness (QED) is 0.399. The minimum Gasteiger partial charge on any atom is -0.494 e. The SMILES string of the molecule is COC(=O)c1ccc(S(=O)(=O)c2ccccc2-c2cn(-c3c(F)cccc3OC)nn2)cc1. The van der Waals surface area contributed by atoms with Crippen molar-refractivity contribution in [2.75, 3.05) is 14.2 Å². The number of ether oxygens (including phenoxy) is 2. The zero-order valence-electron chi connectivity index (χ0n) is 17.6. The Kier molecular flexibility index (Phi) is 5.93. The molecule has 8 nitrogen and oxygen atoms in total. The molecule has 0 saturated carbocycles. The van der Waals surface area contributed by atoms with E-state index in [1.54, 1.807) is 24.3 Å². The molecule has 0 unspecified atom stereocenters. The van der Waals surface area contributed by atoms with Gasteiger partial charge in [0.05, 0.1) is 35.8 Å². The van der Waals surface area contributed by atoms with Crippen LogP contribution in [0.1, 0.15) is 10.4 Å². The molecule has 3 aromatic carbocycles. The minimum atomic E-state index is -3.97. The molecule has 0 fully saturated rings. The number of carbonyl (C=O) groups excluding carboxylic acids is 1. The normalized spacial score (nSPS) is 11.2. The summed E-state index contributed by atoms with van der Waals surface area (Å²) in [5.74, 6) is -0.894. The molecule has 0 atom stereocenters. The second kappa shape index (κ2) is 8.83. The highest BCUT2D eigenvalue weighted by atomic mass is 32.2. The second-order valence-corrected chi connectivity index (χ2v) is 8.77. The first-order chi connectivity index (χ1) is 15.9. The second-order valence-electron chi connectivity index (χ2n) is 6.85. The number of hydrogen-bond donors (Lipinski definition) is 0. The van der Waals surface area contributed by atoms with Gasteiger partial charge in [-0.25, -0.2) is 22.3 Å². The Morgan fingerprint density at radius 3 is 2.39 bits per heavy atom. The van der Waals surface area contributed by atoms with E-state index >= 15 is 0 Å². The van der Waals surface area contributed by atoms with Crippen molar-refractivity contribution in [1.29, 1.82) is 0 Å². The number of benzene rings is 3. The summed E-state index contributed by atoms with van der Waals surface area (Å²) in [6.45, 7) is 0. The number of hydrogen-bond acceptors (Lipinski definition) is 7. The number of esters is 1. The highest BCUT2D eigenvalue weighted by molar-refractivity contribution is 7.91. The Morgan fingerprint density at radius 2 is 1.70 bits per heavy atom. The summed E-state index contributed by atoms with van der Waals surface area (Å²) in [6, 6.07) is 16.0. The molecule has 168 valence electrons. The fourth-order valence-electron chi connectivity index (χ4n) is 3.31. The lowest BCUT2D eigenvalue weighted by Gasteiger charge is -2.10. The molecule has 4 rings (SSSR count). The molecule has 0 radical (unpaired) electrons. The molecule has 0 aliphatic carbocycles. The van der Waals surface area contributed by atoms with Gasteiger partial charge in [-0.15, -0.1) is 5.10 Å². The smallest absolute Gasteiger partial charge is 0.337 e. The van der Waals surface area contributed by atoms with E-state index in [2.05, 4.69) is 15.0 Å². The first-order valence-corrected chi connectivity index (χ1v) is 11.1. The van der Waals surface area contributed by atoms with Crippen LogP contribution in [-0.4, -0.2) is 43.6 Å². The molecule has 0 aliphatic rings. The van der Waals surface area contributed by atoms with Crippen LogP contribution in [0.25, 0.3) is 16.9 Å². The monoisotopic (exact) mass is 467 g/mol. The van der Waals surface area contributed by atoms with Gasteiger partial charge in [0.25, 0.3) is 0 Å². The third-order valence-corrected chi connectivity index (χ3v) is 6.76. The number of nitrogens with zero attached hydrogens (tertiary/aromatic N) is 3. The summed E-state index contributed by atoms with van der Waals surface area (Å²) in [4.78, 5) is 11.6. The lowest BCUT2D eigenvalue weighted by Crippen LogP contribution is -2.06. The van der Waals surface area contributed by atoms with Crippen LogP contribution < -0.4 is 4.74 Å². The Bertz CT molecular complexity index is 1430. The van der Waals surface area contributed by atoms with Gasteiger partial charge in [0.15, 0.2) is 5.82 Å². The zero-order chi connectivity index (χ0) is 23.6. The molecule has 0 amide bonds. The molecule has 0 saturated heterocycles. The van der Waals surface area contributed by atoms with Gasteiger partial charge in [-0.2, -0.15) is 0 Å². The highest BCUT2D eigenvalue weighted by Crippen LogP contribution is 2.32. The van der Waals surface area contributed by atoms with Crippen molar-refractivity contribution < 1.29 is 27.1 Å². The maximum Gasteiger partial charge on any atom is 0.337 e. The lowest BCUT2D eigenvalue weighted by molar-refractivity contribution is 0.0600. The highest BCUT2D eigenvalue weighted by Gasteiger charge is 2.24. The number of methoxy groups -OCH3 is 2. The topological polar surface area (TPSA) is 100 Å². The first-order valence-electron chi connectivity index (χ1n) is 9.65. The number of rotatable bonds is 6. The van der Waals surface area contributed by atoms with Gasteiger partial charge >= 0.3 is 5.97 Å². The van der Waals surface area contributed by atoms with Crippen LogP contribution in [-0.2, 0) is 14.6 Å². The van der Waals surface area contributed by atoms with E-state index in [4.69, 9.17) is 4.74 Å². The van der Waals surface area contributed by atoms with E-state index in [9.17, 15) is 17.6 Å². The van der Waals surface area contributed by atoms with Crippen molar-refractivity contribution in [1.82, 2.24) is 15.0 Å². The van der Waals surface area contributed by atoms with Crippen LogP contribution >= 0.6 is 0 Å². The van der Waals surface area contributed by atoms with E-state index in [0.717, 1.165) is 0 Å². The Morgan fingerprint density at radius 1 is 0.970 bits per heavy atom. The van der Waals surface area contributed by atoms with Crippen molar-refractivity contribution in [3.63, 3.8) is 0 Å². The van der Waals surface area contributed by atoms with Crippen molar-refractivity contribution in [2.45, 2.75) is 9.79 Å². The maximum atomic E-state index is 14.4.